The summed E-state index contributed by atoms with van der Waals surface area (Å²) in [5.41, 5.74) is 7.95. The molecule has 3 nitrogen and oxygen atoms in total. The predicted molar refractivity (Wildman–Crippen MR) is 83.7 cm³/mol. The van der Waals surface area contributed by atoms with Crippen LogP contribution in [0.2, 0.25) is 0 Å². The van der Waals surface area contributed by atoms with Crippen molar-refractivity contribution in [3.8, 4) is 5.75 Å². The Morgan fingerprint density at radius 3 is 2.55 bits per heavy atom. The average molecular weight is 336 g/mol. The molecule has 0 heterocycles. The molecule has 4 heteroatoms. The van der Waals surface area contributed by atoms with Crippen molar-refractivity contribution < 1.29 is 9.47 Å². The molecule has 2 aromatic carbocycles. The minimum atomic E-state index is -0.102. The molecule has 1 unspecified atom stereocenters. The Hall–Kier alpha value is -1.36. The zero-order valence-corrected chi connectivity index (χ0v) is 13.0. The van der Waals surface area contributed by atoms with Gasteiger partial charge in [-0.15, -0.1) is 0 Å². The van der Waals surface area contributed by atoms with Crippen LogP contribution >= 0.6 is 15.9 Å². The molecule has 0 amide bonds. The maximum absolute atomic E-state index is 5.91. The van der Waals surface area contributed by atoms with Crippen LogP contribution < -0.4 is 10.5 Å². The second kappa shape index (κ2) is 7.43. The Morgan fingerprint density at radius 2 is 1.90 bits per heavy atom. The average Bonchev–Trinajstić information content (AvgIpc) is 2.50. The molecule has 0 fully saturated rings. The molecular formula is C16H18BrNO2. The standard InChI is InChI=1S/C16H18BrNO2/c1-19-15-4-2-3-12(9-15)11-20-16(10-18)13-5-7-14(17)8-6-13/h2-9,16H,10-11,18H2,1H3. The van der Waals surface area contributed by atoms with Crippen molar-refractivity contribution >= 4 is 15.9 Å². The smallest absolute Gasteiger partial charge is 0.119 e. The molecular weight excluding hydrogens is 318 g/mol. The summed E-state index contributed by atoms with van der Waals surface area (Å²) in [6.45, 7) is 0.959. The van der Waals surface area contributed by atoms with Crippen LogP contribution in [0.5, 0.6) is 5.75 Å². The summed E-state index contributed by atoms with van der Waals surface area (Å²) in [5.74, 6) is 0.832. The van der Waals surface area contributed by atoms with Gasteiger partial charge in [-0.1, -0.05) is 40.2 Å². The topological polar surface area (TPSA) is 44.5 Å². The third kappa shape index (κ3) is 4.07. The van der Waals surface area contributed by atoms with Crippen LogP contribution in [0.25, 0.3) is 0 Å². The van der Waals surface area contributed by atoms with E-state index in [1.807, 2.05) is 48.5 Å². The van der Waals surface area contributed by atoms with Gasteiger partial charge in [-0.3, -0.25) is 0 Å². The Kier molecular flexibility index (Phi) is 5.59. The minimum absolute atomic E-state index is 0.102. The number of benzene rings is 2. The second-order valence-electron chi connectivity index (χ2n) is 4.44. The Balaban J connectivity index is 2.01. The van der Waals surface area contributed by atoms with Gasteiger partial charge in [0, 0.05) is 11.0 Å². The molecule has 2 rings (SSSR count). The van der Waals surface area contributed by atoms with Gasteiger partial charge in [0.1, 0.15) is 5.75 Å². The monoisotopic (exact) mass is 335 g/mol. The molecule has 20 heavy (non-hydrogen) atoms. The lowest BCUT2D eigenvalue weighted by atomic mass is 10.1. The van der Waals surface area contributed by atoms with E-state index in [1.165, 1.54) is 0 Å². The summed E-state index contributed by atoms with van der Waals surface area (Å²) < 4.78 is 12.2. The number of methoxy groups -OCH3 is 1. The molecule has 2 aromatic rings. The molecule has 0 aliphatic rings. The number of nitrogens with two attached hydrogens (primary N) is 1. The molecule has 0 spiro atoms. The van der Waals surface area contributed by atoms with Gasteiger partial charge in [-0.05, 0) is 35.4 Å². The van der Waals surface area contributed by atoms with E-state index in [9.17, 15) is 0 Å². The van der Waals surface area contributed by atoms with Crippen LogP contribution in [0.3, 0.4) is 0 Å². The van der Waals surface area contributed by atoms with E-state index in [2.05, 4.69) is 15.9 Å². The van der Waals surface area contributed by atoms with Crippen LogP contribution in [0, 0.1) is 0 Å². The normalized spacial score (nSPS) is 12.2. The highest BCUT2D eigenvalue weighted by Crippen LogP contribution is 2.21. The van der Waals surface area contributed by atoms with E-state index in [1.54, 1.807) is 7.11 Å². The van der Waals surface area contributed by atoms with E-state index < -0.39 is 0 Å². The van der Waals surface area contributed by atoms with Crippen molar-refractivity contribution in [3.05, 3.63) is 64.1 Å². The first kappa shape index (κ1) is 15.0. The van der Waals surface area contributed by atoms with Gasteiger partial charge in [0.2, 0.25) is 0 Å². The van der Waals surface area contributed by atoms with Gasteiger partial charge in [0.15, 0.2) is 0 Å². The number of ether oxygens (including phenoxy) is 2. The zero-order valence-electron chi connectivity index (χ0n) is 11.4. The molecule has 0 aliphatic heterocycles. The fourth-order valence-electron chi connectivity index (χ4n) is 1.94. The first-order valence-electron chi connectivity index (χ1n) is 6.43. The zero-order chi connectivity index (χ0) is 14.4. The molecule has 0 aliphatic carbocycles. The van der Waals surface area contributed by atoms with E-state index in [-0.39, 0.29) is 6.10 Å². The summed E-state index contributed by atoms with van der Waals surface area (Å²) in [7, 11) is 1.66. The quantitative estimate of drug-likeness (QED) is 0.875. The molecule has 106 valence electrons. The van der Waals surface area contributed by atoms with Crippen molar-refractivity contribution in [2.45, 2.75) is 12.7 Å². The fourth-order valence-corrected chi connectivity index (χ4v) is 2.20. The van der Waals surface area contributed by atoms with Gasteiger partial charge in [-0.2, -0.15) is 0 Å². The Labute approximate surface area is 127 Å². The van der Waals surface area contributed by atoms with Crippen LogP contribution in [-0.4, -0.2) is 13.7 Å². The SMILES string of the molecule is COc1cccc(COC(CN)c2ccc(Br)cc2)c1. The first-order chi connectivity index (χ1) is 9.72. The summed E-state index contributed by atoms with van der Waals surface area (Å²) in [6.07, 6.45) is -0.102. The predicted octanol–water partition coefficient (Wildman–Crippen LogP) is 3.67. The van der Waals surface area contributed by atoms with Crippen LogP contribution in [0.1, 0.15) is 17.2 Å². The molecule has 2 N–H and O–H groups in total. The number of halogens is 1. The van der Waals surface area contributed by atoms with Crippen LogP contribution in [0.15, 0.2) is 53.0 Å². The molecule has 0 bridgehead atoms. The molecule has 0 saturated heterocycles. The maximum Gasteiger partial charge on any atom is 0.119 e. The van der Waals surface area contributed by atoms with Crippen molar-refractivity contribution in [3.63, 3.8) is 0 Å². The largest absolute Gasteiger partial charge is 0.497 e. The highest BCUT2D eigenvalue weighted by atomic mass is 79.9. The van der Waals surface area contributed by atoms with Crippen molar-refractivity contribution in [2.24, 2.45) is 5.73 Å². The van der Waals surface area contributed by atoms with Crippen molar-refractivity contribution in [1.82, 2.24) is 0 Å². The summed E-state index contributed by atoms with van der Waals surface area (Å²) in [5, 5.41) is 0. The van der Waals surface area contributed by atoms with Gasteiger partial charge >= 0.3 is 0 Å². The highest BCUT2D eigenvalue weighted by molar-refractivity contribution is 9.10. The van der Waals surface area contributed by atoms with Crippen LogP contribution in [-0.2, 0) is 11.3 Å². The first-order valence-corrected chi connectivity index (χ1v) is 7.22. The third-order valence-corrected chi connectivity index (χ3v) is 3.57. The molecule has 0 aromatic heterocycles. The van der Waals surface area contributed by atoms with Gasteiger partial charge < -0.3 is 15.2 Å². The third-order valence-electron chi connectivity index (χ3n) is 3.04. The molecule has 0 radical (unpaired) electrons. The van der Waals surface area contributed by atoms with Gasteiger partial charge in [-0.25, -0.2) is 0 Å². The second-order valence-corrected chi connectivity index (χ2v) is 5.35. The van der Waals surface area contributed by atoms with Gasteiger partial charge in [0.05, 0.1) is 19.8 Å². The van der Waals surface area contributed by atoms with Crippen molar-refractivity contribution in [1.29, 1.82) is 0 Å². The number of hydrogen-bond donors (Lipinski definition) is 1. The molecule has 0 saturated carbocycles. The van der Waals surface area contributed by atoms with Crippen LogP contribution in [0.4, 0.5) is 0 Å². The van der Waals surface area contributed by atoms with E-state index in [0.717, 1.165) is 21.3 Å². The van der Waals surface area contributed by atoms with E-state index in [0.29, 0.717) is 13.2 Å². The maximum atomic E-state index is 5.91. The molecule has 1 atom stereocenters. The van der Waals surface area contributed by atoms with Gasteiger partial charge in [0.25, 0.3) is 0 Å². The lowest BCUT2D eigenvalue weighted by molar-refractivity contribution is 0.0455. The summed E-state index contributed by atoms with van der Waals surface area (Å²) in [4.78, 5) is 0. The fraction of sp³-hybridized carbons (Fsp3) is 0.250. The van der Waals surface area contributed by atoms with E-state index in [4.69, 9.17) is 15.2 Å². The number of rotatable bonds is 6. The van der Waals surface area contributed by atoms with Crippen molar-refractivity contribution in [2.75, 3.05) is 13.7 Å². The van der Waals surface area contributed by atoms with E-state index >= 15 is 0 Å². The summed E-state index contributed by atoms with van der Waals surface area (Å²) >= 11 is 3.42. The number of hydrogen-bond acceptors (Lipinski definition) is 3. The Bertz CT molecular complexity index is 542. The summed E-state index contributed by atoms with van der Waals surface area (Å²) in [6, 6.07) is 15.9. The lowest BCUT2D eigenvalue weighted by Crippen LogP contribution is -2.15. The highest BCUT2D eigenvalue weighted by Gasteiger charge is 2.10. The lowest BCUT2D eigenvalue weighted by Gasteiger charge is -2.17. The Morgan fingerprint density at radius 1 is 1.15 bits per heavy atom. The minimum Gasteiger partial charge on any atom is -0.497 e.